The maximum atomic E-state index is 11.0. The minimum absolute atomic E-state index is 0.199. The highest BCUT2D eigenvalue weighted by Crippen LogP contribution is 2.28. The predicted molar refractivity (Wildman–Crippen MR) is 106 cm³/mol. The molecule has 0 bridgehead atoms. The minimum Gasteiger partial charge on any atom is -0.481 e. The summed E-state index contributed by atoms with van der Waals surface area (Å²) in [6.45, 7) is 5.77. The molecule has 26 heavy (non-hydrogen) atoms. The first kappa shape index (κ1) is 22.9. The van der Waals surface area contributed by atoms with Crippen LogP contribution >= 0.6 is 0 Å². The summed E-state index contributed by atoms with van der Waals surface area (Å²) in [5, 5.41) is 19.0. The third-order valence-electron chi connectivity index (χ3n) is 5.05. The van der Waals surface area contributed by atoms with E-state index in [0.717, 1.165) is 44.9 Å². The van der Waals surface area contributed by atoms with Crippen LogP contribution in [0.4, 0.5) is 0 Å². The lowest BCUT2D eigenvalue weighted by Gasteiger charge is -2.18. The van der Waals surface area contributed by atoms with Crippen LogP contribution in [0.25, 0.3) is 0 Å². The molecule has 1 saturated heterocycles. The summed E-state index contributed by atoms with van der Waals surface area (Å²) in [5.74, 6) is -0.716. The van der Waals surface area contributed by atoms with Crippen molar-refractivity contribution in [2.75, 3.05) is 0 Å². The number of unbranched alkanes of at least 4 members (excludes halogenated alkanes) is 6. The third-order valence-corrected chi connectivity index (χ3v) is 5.05. The smallest absolute Gasteiger partial charge is 0.309 e. The number of carbonyl (C=O) groups is 1. The lowest BCUT2D eigenvalue weighted by Crippen LogP contribution is -2.23. The van der Waals surface area contributed by atoms with Crippen molar-refractivity contribution in [1.29, 1.82) is 0 Å². The van der Waals surface area contributed by atoms with Crippen LogP contribution < -0.4 is 0 Å². The fourth-order valence-corrected chi connectivity index (χ4v) is 2.97. The van der Waals surface area contributed by atoms with Gasteiger partial charge in [-0.25, -0.2) is 0 Å². The Balaban J connectivity index is 2.01. The average Bonchev–Trinajstić information content (AvgIpc) is 3.34. The minimum atomic E-state index is -0.716. The quantitative estimate of drug-likeness (QED) is 0.236. The van der Waals surface area contributed by atoms with Crippen LogP contribution in [0.3, 0.4) is 0 Å². The molecule has 0 amide bonds. The van der Waals surface area contributed by atoms with Gasteiger partial charge in [-0.05, 0) is 39.5 Å². The van der Waals surface area contributed by atoms with E-state index in [1.54, 1.807) is 13.8 Å². The maximum absolute atomic E-state index is 11.0. The van der Waals surface area contributed by atoms with Gasteiger partial charge < -0.3 is 14.9 Å². The number of rotatable bonds is 15. The van der Waals surface area contributed by atoms with E-state index in [1.165, 1.54) is 19.3 Å². The van der Waals surface area contributed by atoms with Crippen molar-refractivity contribution in [2.45, 2.75) is 103 Å². The summed E-state index contributed by atoms with van der Waals surface area (Å²) in [6.07, 6.45) is 18.4. The van der Waals surface area contributed by atoms with Crippen molar-refractivity contribution in [1.82, 2.24) is 0 Å². The van der Waals surface area contributed by atoms with Crippen LogP contribution in [0.2, 0.25) is 0 Å². The van der Waals surface area contributed by atoms with Crippen molar-refractivity contribution < 1.29 is 19.7 Å². The predicted octanol–water partition coefficient (Wildman–Crippen LogP) is 5.26. The highest BCUT2D eigenvalue weighted by Gasteiger charge is 2.35. The summed E-state index contributed by atoms with van der Waals surface area (Å²) < 4.78 is 5.57. The van der Waals surface area contributed by atoms with E-state index in [9.17, 15) is 9.90 Å². The van der Waals surface area contributed by atoms with Gasteiger partial charge >= 0.3 is 5.97 Å². The van der Waals surface area contributed by atoms with Gasteiger partial charge in [-0.15, -0.1) is 0 Å². The van der Waals surface area contributed by atoms with Gasteiger partial charge in [0.2, 0.25) is 0 Å². The largest absolute Gasteiger partial charge is 0.481 e. The molecule has 3 unspecified atom stereocenters. The molecule has 3 atom stereocenters. The van der Waals surface area contributed by atoms with Gasteiger partial charge in [0.15, 0.2) is 0 Å². The normalized spacial score (nSPS) is 21.5. The second-order valence-corrected chi connectivity index (χ2v) is 8.08. The zero-order chi connectivity index (χ0) is 19.4. The fourth-order valence-electron chi connectivity index (χ4n) is 2.97. The van der Waals surface area contributed by atoms with Crippen LogP contribution in [0, 0.1) is 5.41 Å². The molecule has 4 heteroatoms. The molecule has 4 nitrogen and oxygen atoms in total. The molecule has 150 valence electrons. The van der Waals surface area contributed by atoms with E-state index in [2.05, 4.69) is 6.92 Å². The van der Waals surface area contributed by atoms with Crippen molar-refractivity contribution in [3.63, 3.8) is 0 Å². The van der Waals surface area contributed by atoms with Gasteiger partial charge in [-0.1, -0.05) is 69.8 Å². The molecule has 1 aliphatic heterocycles. The summed E-state index contributed by atoms with van der Waals surface area (Å²) in [6, 6.07) is 0. The van der Waals surface area contributed by atoms with Crippen LogP contribution in [-0.2, 0) is 9.53 Å². The Kier molecular flexibility index (Phi) is 10.8. The topological polar surface area (TPSA) is 70.1 Å². The van der Waals surface area contributed by atoms with E-state index < -0.39 is 17.5 Å². The zero-order valence-electron chi connectivity index (χ0n) is 16.8. The molecule has 1 rings (SSSR count). The van der Waals surface area contributed by atoms with Crippen molar-refractivity contribution in [2.24, 2.45) is 5.41 Å². The number of epoxide rings is 1. The maximum Gasteiger partial charge on any atom is 0.309 e. The Morgan fingerprint density at radius 3 is 2.54 bits per heavy atom. The Labute approximate surface area is 159 Å². The van der Waals surface area contributed by atoms with Crippen molar-refractivity contribution >= 4 is 5.97 Å². The highest BCUT2D eigenvalue weighted by atomic mass is 16.6. The van der Waals surface area contributed by atoms with Gasteiger partial charge in [0, 0.05) is 0 Å². The molecule has 1 aliphatic rings. The van der Waals surface area contributed by atoms with Crippen LogP contribution in [0.1, 0.15) is 85.0 Å². The van der Waals surface area contributed by atoms with E-state index >= 15 is 0 Å². The SMILES string of the molecule is CCCCCC1OC1/C=C/C(O)/C=C\CCCCCCC(C)(C)C(=O)O. The number of hydrogen-bond donors (Lipinski definition) is 2. The summed E-state index contributed by atoms with van der Waals surface area (Å²) in [5.41, 5.74) is -0.614. The number of aliphatic hydroxyl groups excluding tert-OH is 1. The average molecular weight is 367 g/mol. The fraction of sp³-hybridized carbons (Fsp3) is 0.773. The van der Waals surface area contributed by atoms with E-state index in [1.807, 2.05) is 24.3 Å². The molecule has 0 aromatic heterocycles. The second-order valence-electron chi connectivity index (χ2n) is 8.08. The number of aliphatic carboxylic acids is 1. The summed E-state index contributed by atoms with van der Waals surface area (Å²) in [4.78, 5) is 11.0. The lowest BCUT2D eigenvalue weighted by molar-refractivity contribution is -0.147. The molecular formula is C22H38O4. The molecule has 1 fully saturated rings. The number of hydrogen-bond acceptors (Lipinski definition) is 3. The molecule has 0 aromatic rings. The molecule has 1 heterocycles. The van der Waals surface area contributed by atoms with E-state index in [-0.39, 0.29) is 6.10 Å². The highest BCUT2D eigenvalue weighted by molar-refractivity contribution is 5.73. The first-order chi connectivity index (χ1) is 12.4. The zero-order valence-corrected chi connectivity index (χ0v) is 16.8. The van der Waals surface area contributed by atoms with Gasteiger partial charge in [0.25, 0.3) is 0 Å². The Hall–Kier alpha value is -1.13. The molecule has 0 radical (unpaired) electrons. The molecule has 0 spiro atoms. The monoisotopic (exact) mass is 366 g/mol. The molecule has 0 aromatic carbocycles. The van der Waals surface area contributed by atoms with Crippen LogP contribution in [-0.4, -0.2) is 34.5 Å². The van der Waals surface area contributed by atoms with Crippen molar-refractivity contribution in [3.8, 4) is 0 Å². The standard InChI is InChI=1S/C22H38O4/c1-4-5-10-14-19-20(26-19)16-15-18(23)13-11-8-6-7-9-12-17-22(2,3)21(24)25/h11,13,15-16,18-20,23H,4-10,12,14,17H2,1-3H3,(H,24,25)/b13-11-,16-15+. The summed E-state index contributed by atoms with van der Waals surface area (Å²) >= 11 is 0. The first-order valence-corrected chi connectivity index (χ1v) is 10.3. The summed E-state index contributed by atoms with van der Waals surface area (Å²) in [7, 11) is 0. The van der Waals surface area contributed by atoms with Crippen molar-refractivity contribution in [3.05, 3.63) is 24.3 Å². The number of allylic oxidation sites excluding steroid dienone is 1. The van der Waals surface area contributed by atoms with Gasteiger partial charge in [-0.3, -0.25) is 4.79 Å². The molecule has 0 aliphatic carbocycles. The molecule has 0 saturated carbocycles. The van der Waals surface area contributed by atoms with Crippen LogP contribution in [0.15, 0.2) is 24.3 Å². The van der Waals surface area contributed by atoms with Crippen LogP contribution in [0.5, 0.6) is 0 Å². The Morgan fingerprint density at radius 2 is 1.85 bits per heavy atom. The first-order valence-electron chi connectivity index (χ1n) is 10.3. The second kappa shape index (κ2) is 12.3. The van der Waals surface area contributed by atoms with E-state index in [4.69, 9.17) is 9.84 Å². The van der Waals surface area contributed by atoms with Gasteiger partial charge in [0.1, 0.15) is 6.10 Å². The van der Waals surface area contributed by atoms with Gasteiger partial charge in [0.05, 0.1) is 17.6 Å². The Bertz CT molecular complexity index is 453. The third kappa shape index (κ3) is 10.1. The number of ether oxygens (including phenoxy) is 1. The van der Waals surface area contributed by atoms with E-state index in [0.29, 0.717) is 6.10 Å². The molecular weight excluding hydrogens is 328 g/mol. The van der Waals surface area contributed by atoms with Gasteiger partial charge in [-0.2, -0.15) is 0 Å². The number of carboxylic acid groups (broad SMARTS) is 1. The lowest BCUT2D eigenvalue weighted by atomic mass is 9.87. The number of aliphatic hydroxyl groups is 1. The number of carboxylic acids is 1. The molecule has 2 N–H and O–H groups in total. The Morgan fingerprint density at radius 1 is 1.12 bits per heavy atom.